The van der Waals surface area contributed by atoms with E-state index in [2.05, 4.69) is 38.3 Å². The van der Waals surface area contributed by atoms with Gasteiger partial charge in [0.05, 0.1) is 5.75 Å². The van der Waals surface area contributed by atoms with Crippen molar-refractivity contribution in [3.8, 4) is 0 Å². The highest BCUT2D eigenvalue weighted by molar-refractivity contribution is 8.01. The molecule has 0 bridgehead atoms. The zero-order valence-electron chi connectivity index (χ0n) is 12.9. The van der Waals surface area contributed by atoms with Gasteiger partial charge in [-0.05, 0) is 38.6 Å². The fraction of sp³-hybridized carbons (Fsp3) is 0.500. The Labute approximate surface area is 142 Å². The topological polar surface area (TPSA) is 66.9 Å². The third-order valence-corrected chi connectivity index (χ3v) is 5.43. The Hall–Kier alpha value is -1.12. The van der Waals surface area contributed by atoms with Crippen LogP contribution >= 0.6 is 34.4 Å². The van der Waals surface area contributed by atoms with Crippen molar-refractivity contribution in [2.75, 3.05) is 17.6 Å². The number of hydrogen-bond donors (Lipinski definition) is 2. The van der Waals surface area contributed by atoms with E-state index in [4.69, 9.17) is 0 Å². The standard InChI is InChI=1S/C14H20N4OS3/c1-14(2,3)16-11(19)9-21-13-18-17-12(22-13)15-7-6-10-5-4-8-20-10/h4-5,8H,6-7,9H2,1-3H3,(H,15,17)(H,16,19). The third kappa shape index (κ3) is 6.33. The summed E-state index contributed by atoms with van der Waals surface area (Å²) in [5.41, 5.74) is -0.201. The molecule has 8 heteroatoms. The molecular weight excluding hydrogens is 336 g/mol. The zero-order chi connectivity index (χ0) is 16.0. The highest BCUT2D eigenvalue weighted by Crippen LogP contribution is 2.25. The number of anilines is 1. The van der Waals surface area contributed by atoms with Gasteiger partial charge in [-0.15, -0.1) is 21.5 Å². The Morgan fingerprint density at radius 1 is 1.36 bits per heavy atom. The number of nitrogens with one attached hydrogen (secondary N) is 2. The van der Waals surface area contributed by atoms with Crippen molar-refractivity contribution in [2.24, 2.45) is 0 Å². The molecule has 2 rings (SSSR count). The molecule has 0 spiro atoms. The molecule has 0 aromatic carbocycles. The van der Waals surface area contributed by atoms with Crippen LogP contribution in [0.25, 0.3) is 0 Å². The largest absolute Gasteiger partial charge is 0.360 e. The highest BCUT2D eigenvalue weighted by atomic mass is 32.2. The van der Waals surface area contributed by atoms with Crippen LogP contribution in [0.2, 0.25) is 0 Å². The van der Waals surface area contributed by atoms with E-state index >= 15 is 0 Å². The van der Waals surface area contributed by atoms with E-state index in [0.717, 1.165) is 22.4 Å². The quantitative estimate of drug-likeness (QED) is 0.746. The number of rotatable bonds is 7. The minimum Gasteiger partial charge on any atom is -0.360 e. The number of carbonyl (C=O) groups excluding carboxylic acids is 1. The van der Waals surface area contributed by atoms with Crippen molar-refractivity contribution in [3.05, 3.63) is 22.4 Å². The lowest BCUT2D eigenvalue weighted by Gasteiger charge is -2.19. The molecule has 0 fully saturated rings. The van der Waals surface area contributed by atoms with Gasteiger partial charge >= 0.3 is 0 Å². The van der Waals surface area contributed by atoms with Gasteiger partial charge < -0.3 is 10.6 Å². The van der Waals surface area contributed by atoms with Gasteiger partial charge in [0, 0.05) is 17.0 Å². The number of amides is 1. The SMILES string of the molecule is CC(C)(C)NC(=O)CSc1nnc(NCCc2cccs2)s1. The maximum atomic E-state index is 11.8. The van der Waals surface area contributed by atoms with Gasteiger partial charge in [-0.1, -0.05) is 29.2 Å². The van der Waals surface area contributed by atoms with Crippen molar-refractivity contribution in [1.29, 1.82) is 0 Å². The molecule has 120 valence electrons. The van der Waals surface area contributed by atoms with Crippen molar-refractivity contribution in [2.45, 2.75) is 37.1 Å². The molecule has 2 N–H and O–H groups in total. The number of hydrogen-bond acceptors (Lipinski definition) is 7. The second-order valence-electron chi connectivity index (χ2n) is 5.72. The van der Waals surface area contributed by atoms with E-state index in [1.165, 1.54) is 28.0 Å². The molecule has 1 amide bonds. The third-order valence-electron chi connectivity index (χ3n) is 2.48. The van der Waals surface area contributed by atoms with Crippen LogP contribution in [-0.4, -0.2) is 33.9 Å². The summed E-state index contributed by atoms with van der Waals surface area (Å²) in [4.78, 5) is 13.1. The minimum absolute atomic E-state index is 0.0138. The number of carbonyl (C=O) groups is 1. The summed E-state index contributed by atoms with van der Waals surface area (Å²) in [5.74, 6) is 0.376. The van der Waals surface area contributed by atoms with Crippen molar-refractivity contribution in [3.63, 3.8) is 0 Å². The first-order valence-electron chi connectivity index (χ1n) is 6.96. The van der Waals surface area contributed by atoms with Crippen LogP contribution in [0.3, 0.4) is 0 Å². The molecule has 2 aromatic rings. The Morgan fingerprint density at radius 3 is 2.86 bits per heavy atom. The molecular formula is C14H20N4OS3. The summed E-state index contributed by atoms with van der Waals surface area (Å²) in [6, 6.07) is 4.18. The molecule has 22 heavy (non-hydrogen) atoms. The van der Waals surface area contributed by atoms with E-state index in [0.29, 0.717) is 5.75 Å². The predicted molar refractivity (Wildman–Crippen MR) is 95.0 cm³/mol. The van der Waals surface area contributed by atoms with E-state index in [1.807, 2.05) is 20.8 Å². The molecule has 5 nitrogen and oxygen atoms in total. The van der Waals surface area contributed by atoms with Gasteiger partial charge in [0.15, 0.2) is 4.34 Å². The summed E-state index contributed by atoms with van der Waals surface area (Å²) in [7, 11) is 0. The Kier molecular flexibility index (Phi) is 6.22. The zero-order valence-corrected chi connectivity index (χ0v) is 15.3. The van der Waals surface area contributed by atoms with E-state index in [9.17, 15) is 4.79 Å². The molecule has 2 aromatic heterocycles. The van der Waals surface area contributed by atoms with Crippen LogP contribution in [0.1, 0.15) is 25.6 Å². The first kappa shape index (κ1) is 17.2. The van der Waals surface area contributed by atoms with Gasteiger partial charge in [0.1, 0.15) is 0 Å². The van der Waals surface area contributed by atoms with Crippen LogP contribution in [-0.2, 0) is 11.2 Å². The molecule has 0 aliphatic rings. The lowest BCUT2D eigenvalue weighted by molar-refractivity contribution is -0.119. The van der Waals surface area contributed by atoms with Gasteiger partial charge in [0.25, 0.3) is 0 Å². The molecule has 0 atom stereocenters. The monoisotopic (exact) mass is 356 g/mol. The fourth-order valence-corrected chi connectivity index (χ4v) is 3.96. The summed E-state index contributed by atoms with van der Waals surface area (Å²) in [6.45, 7) is 6.74. The lowest BCUT2D eigenvalue weighted by Crippen LogP contribution is -2.41. The minimum atomic E-state index is -0.201. The van der Waals surface area contributed by atoms with E-state index in [-0.39, 0.29) is 11.4 Å². The molecule has 0 aliphatic heterocycles. The van der Waals surface area contributed by atoms with Crippen LogP contribution in [0.4, 0.5) is 5.13 Å². The van der Waals surface area contributed by atoms with Crippen LogP contribution < -0.4 is 10.6 Å². The summed E-state index contributed by atoms with van der Waals surface area (Å²) in [6.07, 6.45) is 0.980. The Bertz CT molecular complexity index is 590. The number of aromatic nitrogens is 2. The summed E-state index contributed by atoms with van der Waals surface area (Å²) < 4.78 is 0.808. The summed E-state index contributed by atoms with van der Waals surface area (Å²) in [5, 5.41) is 17.3. The average molecular weight is 357 g/mol. The van der Waals surface area contributed by atoms with Gasteiger partial charge in [-0.25, -0.2) is 0 Å². The highest BCUT2D eigenvalue weighted by Gasteiger charge is 2.14. The first-order chi connectivity index (χ1) is 10.4. The second kappa shape index (κ2) is 7.94. The number of nitrogens with zero attached hydrogens (tertiary/aromatic N) is 2. The Balaban J connectivity index is 1.71. The average Bonchev–Trinajstić information content (AvgIpc) is 3.06. The predicted octanol–water partition coefficient (Wildman–Crippen LogP) is 3.26. The van der Waals surface area contributed by atoms with Crippen LogP contribution in [0.5, 0.6) is 0 Å². The molecule has 2 heterocycles. The molecule has 0 radical (unpaired) electrons. The normalized spacial score (nSPS) is 11.4. The van der Waals surface area contributed by atoms with Crippen molar-refractivity contribution < 1.29 is 4.79 Å². The van der Waals surface area contributed by atoms with Gasteiger partial charge in [-0.2, -0.15) is 0 Å². The van der Waals surface area contributed by atoms with Crippen molar-refractivity contribution in [1.82, 2.24) is 15.5 Å². The maximum Gasteiger partial charge on any atom is 0.230 e. The maximum absolute atomic E-state index is 11.8. The van der Waals surface area contributed by atoms with E-state index in [1.54, 1.807) is 11.3 Å². The van der Waals surface area contributed by atoms with Crippen LogP contribution in [0.15, 0.2) is 21.9 Å². The molecule has 0 aliphatic carbocycles. The summed E-state index contributed by atoms with van der Waals surface area (Å²) >= 11 is 4.66. The number of thiophene rings is 1. The fourth-order valence-electron chi connectivity index (χ4n) is 1.67. The first-order valence-corrected chi connectivity index (χ1v) is 9.64. The van der Waals surface area contributed by atoms with Gasteiger partial charge in [0.2, 0.25) is 11.0 Å². The number of thioether (sulfide) groups is 1. The lowest BCUT2D eigenvalue weighted by atomic mass is 10.1. The molecule has 0 unspecified atom stereocenters. The Morgan fingerprint density at radius 2 is 2.18 bits per heavy atom. The van der Waals surface area contributed by atoms with Crippen molar-refractivity contribution >= 4 is 45.5 Å². The van der Waals surface area contributed by atoms with Gasteiger partial charge in [-0.3, -0.25) is 4.79 Å². The van der Waals surface area contributed by atoms with Crippen LogP contribution in [0, 0.1) is 0 Å². The smallest absolute Gasteiger partial charge is 0.230 e. The molecule has 0 saturated carbocycles. The molecule has 0 saturated heterocycles. The van der Waals surface area contributed by atoms with E-state index < -0.39 is 0 Å². The second-order valence-corrected chi connectivity index (χ2v) is 8.95.